The molecule has 2 aliphatic carbocycles. The van der Waals surface area contributed by atoms with Gasteiger partial charge in [0.1, 0.15) is 5.75 Å². The van der Waals surface area contributed by atoms with Gasteiger partial charge in [0.05, 0.1) is 5.69 Å². The number of pyridine rings is 1. The smallest absolute Gasteiger partial charge is 0.151 e. The highest BCUT2D eigenvalue weighted by molar-refractivity contribution is 5.74. The molecule has 3 aromatic rings. The summed E-state index contributed by atoms with van der Waals surface area (Å²) in [6.07, 6.45) is 8.58. The molecule has 2 saturated carbocycles. The molecule has 1 unspecified atom stereocenters. The van der Waals surface area contributed by atoms with Crippen LogP contribution in [0.1, 0.15) is 37.8 Å². The molecule has 0 radical (unpaired) electrons. The Balaban J connectivity index is 1.34. The number of anilines is 1. The third-order valence-electron chi connectivity index (χ3n) is 6.94. The molecule has 2 fully saturated rings. The van der Waals surface area contributed by atoms with Gasteiger partial charge in [-0.3, -0.25) is 4.98 Å². The average Bonchev–Trinajstić information content (AvgIpc) is 3.11. The second kappa shape index (κ2) is 7.71. The topological polar surface area (TPSA) is 62.1 Å². The Morgan fingerprint density at radius 1 is 0.900 bits per heavy atom. The first kappa shape index (κ1) is 19.0. The van der Waals surface area contributed by atoms with Crippen LogP contribution in [0.2, 0.25) is 0 Å². The van der Waals surface area contributed by atoms with Gasteiger partial charge in [0.15, 0.2) is 5.82 Å². The first-order valence-electron chi connectivity index (χ1n) is 10.9. The zero-order valence-electron chi connectivity index (χ0n) is 17.6. The Morgan fingerprint density at radius 2 is 1.67 bits per heavy atom. The molecule has 154 valence electrons. The van der Waals surface area contributed by atoms with E-state index in [4.69, 9.17) is 0 Å². The lowest BCUT2D eigenvalue weighted by atomic mass is 9.85. The van der Waals surface area contributed by atoms with E-state index >= 15 is 0 Å². The monoisotopic (exact) mass is 400 g/mol. The molecule has 0 saturated heterocycles. The number of phenols is 1. The normalized spacial score (nSPS) is 22.8. The quantitative estimate of drug-likeness (QED) is 0.649. The van der Waals surface area contributed by atoms with Crippen LogP contribution in [0.4, 0.5) is 5.82 Å². The van der Waals surface area contributed by atoms with Crippen molar-refractivity contribution in [1.82, 2.24) is 15.2 Å². The summed E-state index contributed by atoms with van der Waals surface area (Å²) in [4.78, 5) is 6.64. The van der Waals surface area contributed by atoms with E-state index in [2.05, 4.69) is 27.1 Å². The first-order valence-corrected chi connectivity index (χ1v) is 10.9. The molecule has 2 aromatic heterocycles. The summed E-state index contributed by atoms with van der Waals surface area (Å²) in [6, 6.07) is 14.2. The molecule has 3 atom stereocenters. The van der Waals surface area contributed by atoms with Gasteiger partial charge < -0.3 is 10.0 Å². The lowest BCUT2D eigenvalue weighted by Gasteiger charge is -2.35. The number of rotatable bonds is 4. The number of aryl methyl sites for hydroxylation is 1. The fourth-order valence-electron chi connectivity index (χ4n) is 5.20. The van der Waals surface area contributed by atoms with E-state index in [0.717, 1.165) is 34.5 Å². The molecule has 1 aromatic carbocycles. The van der Waals surface area contributed by atoms with Gasteiger partial charge in [0, 0.05) is 36.1 Å². The van der Waals surface area contributed by atoms with Gasteiger partial charge in [0.25, 0.3) is 0 Å². The molecule has 2 bridgehead atoms. The second-order valence-electron chi connectivity index (χ2n) is 8.98. The van der Waals surface area contributed by atoms with Crippen molar-refractivity contribution in [1.29, 1.82) is 0 Å². The summed E-state index contributed by atoms with van der Waals surface area (Å²) in [5.74, 6) is 2.89. The summed E-state index contributed by atoms with van der Waals surface area (Å²) in [7, 11) is 2.14. The molecule has 2 heterocycles. The van der Waals surface area contributed by atoms with Crippen LogP contribution in [0.5, 0.6) is 5.75 Å². The van der Waals surface area contributed by atoms with Crippen molar-refractivity contribution in [2.75, 3.05) is 11.9 Å². The van der Waals surface area contributed by atoms with Gasteiger partial charge in [0.2, 0.25) is 0 Å². The Bertz CT molecular complexity index is 1020. The summed E-state index contributed by atoms with van der Waals surface area (Å²) in [6.45, 7) is 1.96. The summed E-state index contributed by atoms with van der Waals surface area (Å²) >= 11 is 0. The van der Waals surface area contributed by atoms with Crippen LogP contribution in [-0.4, -0.2) is 33.4 Å². The molecule has 0 spiro atoms. The number of nitrogens with zero attached hydrogens (tertiary/aromatic N) is 4. The third-order valence-corrected chi connectivity index (χ3v) is 6.94. The van der Waals surface area contributed by atoms with E-state index in [9.17, 15) is 5.11 Å². The molecule has 5 heteroatoms. The lowest BCUT2D eigenvalue weighted by Crippen LogP contribution is -2.37. The van der Waals surface area contributed by atoms with Crippen molar-refractivity contribution in [3.8, 4) is 28.1 Å². The molecule has 0 aliphatic heterocycles. The van der Waals surface area contributed by atoms with Gasteiger partial charge in [-0.1, -0.05) is 25.0 Å². The maximum Gasteiger partial charge on any atom is 0.151 e. The average molecular weight is 401 g/mol. The number of aromatic nitrogens is 3. The van der Waals surface area contributed by atoms with E-state index in [1.165, 1.54) is 32.1 Å². The predicted octanol–water partition coefficient (Wildman–Crippen LogP) is 5.23. The van der Waals surface area contributed by atoms with Gasteiger partial charge in [-0.2, -0.15) is 0 Å². The van der Waals surface area contributed by atoms with Crippen LogP contribution in [0, 0.1) is 18.8 Å². The molecule has 5 nitrogen and oxygen atoms in total. The molecule has 0 amide bonds. The SMILES string of the molecule is Cc1ccc(-c2ccc(-c3ccc(N(C)[C@H]4CC5CC[C@@H](C5)C4)nn3)c(O)c2)cn1. The number of fused-ring (bicyclic) bond motifs is 2. The van der Waals surface area contributed by atoms with E-state index in [0.29, 0.717) is 17.3 Å². The fraction of sp³-hybridized carbons (Fsp3) is 0.400. The van der Waals surface area contributed by atoms with Crippen molar-refractivity contribution in [2.45, 2.75) is 45.1 Å². The standard InChI is InChI=1S/C25H28N4O/c1-16-3-6-20(15-26-16)19-7-8-22(24(30)14-19)23-9-10-25(28-27-23)29(2)21-12-17-4-5-18(11-17)13-21/h3,6-10,14-15,17-18,21,30H,4-5,11-13H2,1-2H3/t17-,18?,21+/m0/s1. The zero-order valence-corrected chi connectivity index (χ0v) is 17.6. The fourth-order valence-corrected chi connectivity index (χ4v) is 5.20. The largest absolute Gasteiger partial charge is 0.507 e. The van der Waals surface area contributed by atoms with Crippen LogP contribution in [0.15, 0.2) is 48.7 Å². The lowest BCUT2D eigenvalue weighted by molar-refractivity contribution is 0.312. The number of phenolic OH excluding ortho intramolecular Hbond substituents is 1. The Hall–Kier alpha value is -2.95. The number of benzene rings is 1. The molecular weight excluding hydrogens is 372 g/mol. The minimum absolute atomic E-state index is 0.201. The first-order chi connectivity index (χ1) is 14.6. The number of aromatic hydroxyl groups is 1. The molecule has 2 aliphatic rings. The third kappa shape index (κ3) is 3.64. The van der Waals surface area contributed by atoms with Crippen LogP contribution in [0.3, 0.4) is 0 Å². The van der Waals surface area contributed by atoms with Crippen LogP contribution in [-0.2, 0) is 0 Å². The summed E-state index contributed by atoms with van der Waals surface area (Å²) in [5.41, 5.74) is 4.26. The van der Waals surface area contributed by atoms with Crippen molar-refractivity contribution < 1.29 is 5.11 Å². The minimum Gasteiger partial charge on any atom is -0.507 e. The van der Waals surface area contributed by atoms with Crippen LogP contribution < -0.4 is 4.90 Å². The maximum atomic E-state index is 10.6. The Kier molecular flexibility index (Phi) is 4.89. The van der Waals surface area contributed by atoms with Crippen molar-refractivity contribution in [3.05, 3.63) is 54.4 Å². The van der Waals surface area contributed by atoms with Crippen LogP contribution >= 0.6 is 0 Å². The number of hydrogen-bond donors (Lipinski definition) is 1. The van der Waals surface area contributed by atoms with Gasteiger partial charge >= 0.3 is 0 Å². The van der Waals surface area contributed by atoms with Crippen molar-refractivity contribution in [3.63, 3.8) is 0 Å². The van der Waals surface area contributed by atoms with Gasteiger partial charge in [-0.15, -0.1) is 10.2 Å². The predicted molar refractivity (Wildman–Crippen MR) is 119 cm³/mol. The number of hydrogen-bond acceptors (Lipinski definition) is 5. The maximum absolute atomic E-state index is 10.6. The highest BCUT2D eigenvalue weighted by atomic mass is 16.3. The highest BCUT2D eigenvalue weighted by Gasteiger charge is 2.36. The van der Waals surface area contributed by atoms with Gasteiger partial charge in [-0.05, 0) is 73.9 Å². The Morgan fingerprint density at radius 3 is 2.30 bits per heavy atom. The Labute approximate surface area is 177 Å². The zero-order chi connectivity index (χ0) is 20.7. The van der Waals surface area contributed by atoms with Crippen molar-refractivity contribution in [2.24, 2.45) is 11.8 Å². The van der Waals surface area contributed by atoms with Crippen LogP contribution in [0.25, 0.3) is 22.4 Å². The van der Waals surface area contributed by atoms with E-state index < -0.39 is 0 Å². The summed E-state index contributed by atoms with van der Waals surface area (Å²) in [5, 5.41) is 19.5. The molecule has 5 rings (SSSR count). The highest BCUT2D eigenvalue weighted by Crippen LogP contribution is 2.43. The second-order valence-corrected chi connectivity index (χ2v) is 8.98. The summed E-state index contributed by atoms with van der Waals surface area (Å²) < 4.78 is 0. The molecule has 1 N–H and O–H groups in total. The van der Waals surface area contributed by atoms with E-state index in [1.807, 2.05) is 49.5 Å². The van der Waals surface area contributed by atoms with Gasteiger partial charge in [-0.25, -0.2) is 0 Å². The van der Waals surface area contributed by atoms with E-state index in [-0.39, 0.29) is 5.75 Å². The molecule has 30 heavy (non-hydrogen) atoms. The molecular formula is C25H28N4O. The van der Waals surface area contributed by atoms with Crippen molar-refractivity contribution >= 4 is 5.82 Å². The minimum atomic E-state index is 0.201. The van der Waals surface area contributed by atoms with E-state index in [1.54, 1.807) is 6.07 Å².